The molecule has 9 heteroatoms. The van der Waals surface area contributed by atoms with Crippen LogP contribution in [0.1, 0.15) is 0 Å². The van der Waals surface area contributed by atoms with Gasteiger partial charge in [0.05, 0.1) is 0 Å². The number of hydrogen-bond donors (Lipinski definition) is 3. The van der Waals surface area contributed by atoms with E-state index in [1.54, 1.807) is 10.8 Å². The van der Waals surface area contributed by atoms with Crippen LogP contribution in [0.2, 0.25) is 0 Å². The molecule has 0 aromatic heterocycles. The number of hydroxylamine groups is 1. The average Bonchev–Trinajstić information content (AvgIpc) is 2.22. The number of carboxylic acids is 1. The summed E-state index contributed by atoms with van der Waals surface area (Å²) in [5.41, 5.74) is 0.692. The van der Waals surface area contributed by atoms with Gasteiger partial charge >= 0.3 is 12.0 Å². The van der Waals surface area contributed by atoms with Crippen molar-refractivity contribution in [3.05, 3.63) is 29.6 Å². The minimum absolute atomic E-state index is 0.372. The van der Waals surface area contributed by atoms with Gasteiger partial charge in [-0.2, -0.15) is 0 Å². The zero-order valence-corrected chi connectivity index (χ0v) is 8.67. The van der Waals surface area contributed by atoms with E-state index in [0.717, 1.165) is 0 Å². The molecule has 0 aliphatic carbocycles. The van der Waals surface area contributed by atoms with Crippen molar-refractivity contribution in [3.63, 3.8) is 0 Å². The van der Waals surface area contributed by atoms with E-state index in [-0.39, 0.29) is 0 Å². The molecular formula is C9H7F3N2O4. The zero-order chi connectivity index (χ0) is 13.7. The summed E-state index contributed by atoms with van der Waals surface area (Å²) in [6.07, 6.45) is 0. The number of nitrogens with one attached hydrogen (secondary N) is 2. The summed E-state index contributed by atoms with van der Waals surface area (Å²) in [5.74, 6) is -5.13. The molecule has 0 saturated heterocycles. The summed E-state index contributed by atoms with van der Waals surface area (Å²) >= 11 is 0. The van der Waals surface area contributed by atoms with E-state index in [2.05, 4.69) is 4.84 Å². The minimum atomic E-state index is -1.35. The number of urea groups is 1. The highest BCUT2D eigenvalue weighted by molar-refractivity contribution is 5.88. The molecular weight excluding hydrogens is 257 g/mol. The molecule has 0 bridgehead atoms. The minimum Gasteiger partial charge on any atom is -0.479 e. The maximum absolute atomic E-state index is 13.1. The molecule has 0 atom stereocenters. The topological polar surface area (TPSA) is 87.7 Å². The maximum Gasteiger partial charge on any atom is 0.343 e. The van der Waals surface area contributed by atoms with Crippen LogP contribution in [0.5, 0.6) is 0 Å². The van der Waals surface area contributed by atoms with Crippen LogP contribution in [0.4, 0.5) is 23.7 Å². The average molecular weight is 264 g/mol. The fourth-order valence-corrected chi connectivity index (χ4v) is 0.964. The summed E-state index contributed by atoms with van der Waals surface area (Å²) in [6, 6.07) is -0.464. The number of carbonyl (C=O) groups excluding carboxylic acids is 1. The van der Waals surface area contributed by atoms with Gasteiger partial charge in [-0.15, -0.1) is 0 Å². The molecule has 1 aromatic carbocycles. The van der Waals surface area contributed by atoms with Crippen LogP contribution in [0.25, 0.3) is 0 Å². The largest absolute Gasteiger partial charge is 0.479 e. The van der Waals surface area contributed by atoms with Gasteiger partial charge in [-0.25, -0.2) is 28.2 Å². The second-order valence-corrected chi connectivity index (χ2v) is 2.98. The normalized spacial score (nSPS) is 9.94. The van der Waals surface area contributed by atoms with Crippen molar-refractivity contribution in [3.8, 4) is 0 Å². The molecule has 1 aromatic rings. The van der Waals surface area contributed by atoms with Gasteiger partial charge in [0.25, 0.3) is 0 Å². The predicted molar refractivity (Wildman–Crippen MR) is 52.1 cm³/mol. The van der Waals surface area contributed by atoms with Crippen molar-refractivity contribution in [2.45, 2.75) is 0 Å². The van der Waals surface area contributed by atoms with E-state index in [0.29, 0.717) is 12.1 Å². The molecule has 0 radical (unpaired) electrons. The molecule has 0 aliphatic heterocycles. The molecule has 0 heterocycles. The molecule has 0 spiro atoms. The Hall–Kier alpha value is -2.29. The first-order valence-corrected chi connectivity index (χ1v) is 4.45. The van der Waals surface area contributed by atoms with Crippen molar-refractivity contribution >= 4 is 17.7 Å². The summed E-state index contributed by atoms with van der Waals surface area (Å²) in [6.45, 7) is -0.832. The highest BCUT2D eigenvalue weighted by atomic mass is 19.1. The number of carbonyl (C=O) groups is 2. The van der Waals surface area contributed by atoms with E-state index >= 15 is 0 Å². The van der Waals surface area contributed by atoms with Crippen molar-refractivity contribution in [2.75, 3.05) is 11.9 Å². The fraction of sp³-hybridized carbons (Fsp3) is 0.111. The summed E-state index contributed by atoms with van der Waals surface area (Å²) < 4.78 is 38.7. The van der Waals surface area contributed by atoms with Crippen LogP contribution in [0, 0.1) is 17.5 Å². The molecule has 0 saturated carbocycles. The highest BCUT2D eigenvalue weighted by Gasteiger charge is 2.14. The summed E-state index contributed by atoms with van der Waals surface area (Å²) in [4.78, 5) is 25.2. The molecule has 3 N–H and O–H groups in total. The number of hydrogen-bond acceptors (Lipinski definition) is 3. The quantitative estimate of drug-likeness (QED) is 0.714. The third-order valence-electron chi connectivity index (χ3n) is 1.61. The van der Waals surface area contributed by atoms with E-state index in [1.807, 2.05) is 0 Å². The first kappa shape index (κ1) is 13.8. The number of halogens is 3. The van der Waals surface area contributed by atoms with Gasteiger partial charge in [0.2, 0.25) is 0 Å². The number of anilines is 1. The Kier molecular flexibility index (Phi) is 4.49. The van der Waals surface area contributed by atoms with Crippen LogP contribution in [0.15, 0.2) is 12.1 Å². The molecule has 1 rings (SSSR count). The van der Waals surface area contributed by atoms with Gasteiger partial charge in [0, 0.05) is 12.1 Å². The molecule has 0 fully saturated rings. The Labute approximate surface area is 98.3 Å². The van der Waals surface area contributed by atoms with Gasteiger partial charge in [0.1, 0.15) is 11.5 Å². The standard InChI is InChI=1S/C9H7F3N2O4/c10-4-1-5(11)8(6(12)2-4)13-9(17)14-18-3-7(15)16/h1-2H,3H2,(H,15,16)(H2,13,14,17). The van der Waals surface area contributed by atoms with E-state index in [1.165, 1.54) is 0 Å². The van der Waals surface area contributed by atoms with Crippen LogP contribution < -0.4 is 10.8 Å². The summed E-state index contributed by atoms with van der Waals surface area (Å²) in [5, 5.41) is 9.87. The number of amides is 2. The van der Waals surface area contributed by atoms with Crippen LogP contribution in [-0.2, 0) is 9.63 Å². The Balaban J connectivity index is 2.62. The lowest BCUT2D eigenvalue weighted by Gasteiger charge is -2.08. The van der Waals surface area contributed by atoms with Crippen LogP contribution in [-0.4, -0.2) is 23.7 Å². The van der Waals surface area contributed by atoms with E-state index in [9.17, 15) is 22.8 Å². The SMILES string of the molecule is O=C(O)CONC(=O)Nc1c(F)cc(F)cc1F. The lowest BCUT2D eigenvalue weighted by molar-refractivity contribution is -0.143. The van der Waals surface area contributed by atoms with Crippen LogP contribution in [0.3, 0.4) is 0 Å². The van der Waals surface area contributed by atoms with Crippen molar-refractivity contribution in [1.29, 1.82) is 0 Å². The Morgan fingerprint density at radius 1 is 1.22 bits per heavy atom. The molecule has 2 amide bonds. The summed E-state index contributed by atoms with van der Waals surface area (Å²) in [7, 11) is 0. The smallest absolute Gasteiger partial charge is 0.343 e. The lowest BCUT2D eigenvalue weighted by atomic mass is 10.3. The van der Waals surface area contributed by atoms with E-state index < -0.39 is 41.7 Å². The van der Waals surface area contributed by atoms with Gasteiger partial charge < -0.3 is 10.4 Å². The van der Waals surface area contributed by atoms with Gasteiger partial charge in [-0.05, 0) is 0 Å². The van der Waals surface area contributed by atoms with Crippen molar-refractivity contribution < 1.29 is 32.7 Å². The van der Waals surface area contributed by atoms with Gasteiger partial charge in [0.15, 0.2) is 18.2 Å². The Morgan fingerprint density at radius 3 is 2.28 bits per heavy atom. The molecule has 6 nitrogen and oxygen atoms in total. The number of carboxylic acid groups (broad SMARTS) is 1. The number of aliphatic carboxylic acids is 1. The van der Waals surface area contributed by atoms with Gasteiger partial charge in [-0.3, -0.25) is 4.84 Å². The Morgan fingerprint density at radius 2 is 1.78 bits per heavy atom. The van der Waals surface area contributed by atoms with Crippen molar-refractivity contribution in [1.82, 2.24) is 5.48 Å². The maximum atomic E-state index is 13.1. The number of benzene rings is 1. The predicted octanol–water partition coefficient (Wildman–Crippen LogP) is 1.24. The Bertz CT molecular complexity index is 458. The van der Waals surface area contributed by atoms with E-state index in [4.69, 9.17) is 5.11 Å². The lowest BCUT2D eigenvalue weighted by Crippen LogP contribution is -2.31. The third kappa shape index (κ3) is 3.94. The molecule has 18 heavy (non-hydrogen) atoms. The zero-order valence-electron chi connectivity index (χ0n) is 8.67. The van der Waals surface area contributed by atoms with Crippen molar-refractivity contribution in [2.24, 2.45) is 0 Å². The molecule has 0 aliphatic rings. The van der Waals surface area contributed by atoms with Crippen LogP contribution >= 0.6 is 0 Å². The first-order valence-electron chi connectivity index (χ1n) is 4.45. The molecule has 98 valence electrons. The molecule has 0 unspecified atom stereocenters. The second kappa shape index (κ2) is 5.87. The van der Waals surface area contributed by atoms with Gasteiger partial charge in [-0.1, -0.05) is 0 Å². The third-order valence-corrected chi connectivity index (χ3v) is 1.61. The second-order valence-electron chi connectivity index (χ2n) is 2.98. The monoisotopic (exact) mass is 264 g/mol. The number of rotatable bonds is 4. The highest BCUT2D eigenvalue weighted by Crippen LogP contribution is 2.19. The fourth-order valence-electron chi connectivity index (χ4n) is 0.964. The first-order chi connectivity index (χ1) is 8.40.